The predicted molar refractivity (Wildman–Crippen MR) is 63.7 cm³/mol. The SMILES string of the molecule is C1CO[C@@H](CNCCCN2CCOCC2)C1. The second-order valence-corrected chi connectivity index (χ2v) is 4.65. The molecule has 4 heteroatoms. The van der Waals surface area contributed by atoms with Gasteiger partial charge in [-0.2, -0.15) is 0 Å². The monoisotopic (exact) mass is 228 g/mol. The molecule has 0 amide bonds. The Balaban J connectivity index is 1.42. The fourth-order valence-corrected chi connectivity index (χ4v) is 2.32. The molecule has 2 rings (SSSR count). The number of rotatable bonds is 6. The Hall–Kier alpha value is -0.160. The fourth-order valence-electron chi connectivity index (χ4n) is 2.32. The van der Waals surface area contributed by atoms with E-state index >= 15 is 0 Å². The standard InChI is InChI=1S/C12H24N2O2/c1-3-12(16-8-1)11-13-4-2-5-14-6-9-15-10-7-14/h12-13H,1-11H2/t12-/m1/s1. The number of hydrogen-bond acceptors (Lipinski definition) is 4. The summed E-state index contributed by atoms with van der Waals surface area (Å²) in [5.74, 6) is 0. The summed E-state index contributed by atoms with van der Waals surface area (Å²) < 4.78 is 10.9. The van der Waals surface area contributed by atoms with Crippen molar-refractivity contribution in [1.29, 1.82) is 0 Å². The molecule has 0 unspecified atom stereocenters. The van der Waals surface area contributed by atoms with Crippen LogP contribution in [-0.2, 0) is 9.47 Å². The van der Waals surface area contributed by atoms with Gasteiger partial charge in [-0.15, -0.1) is 0 Å². The maximum absolute atomic E-state index is 5.56. The third-order valence-electron chi connectivity index (χ3n) is 3.33. The Morgan fingerprint density at radius 1 is 1.19 bits per heavy atom. The molecule has 0 aromatic carbocycles. The van der Waals surface area contributed by atoms with Crippen LogP contribution in [0.1, 0.15) is 19.3 Å². The minimum atomic E-state index is 0.475. The van der Waals surface area contributed by atoms with Crippen molar-refractivity contribution in [3.05, 3.63) is 0 Å². The second-order valence-electron chi connectivity index (χ2n) is 4.65. The average Bonchev–Trinajstić information content (AvgIpc) is 2.83. The van der Waals surface area contributed by atoms with E-state index in [0.717, 1.165) is 46.0 Å². The number of hydrogen-bond donors (Lipinski definition) is 1. The molecule has 2 aliphatic heterocycles. The summed E-state index contributed by atoms with van der Waals surface area (Å²) in [6.07, 6.45) is 4.17. The summed E-state index contributed by atoms with van der Waals surface area (Å²) in [6.45, 7) is 8.31. The Kier molecular flexibility index (Phi) is 5.55. The predicted octanol–water partition coefficient (Wildman–Crippen LogP) is 0.477. The van der Waals surface area contributed by atoms with Crippen LogP contribution in [0.15, 0.2) is 0 Å². The second kappa shape index (κ2) is 7.22. The molecule has 16 heavy (non-hydrogen) atoms. The van der Waals surface area contributed by atoms with Gasteiger partial charge in [0, 0.05) is 26.2 Å². The molecule has 2 aliphatic rings. The topological polar surface area (TPSA) is 33.7 Å². The minimum absolute atomic E-state index is 0.475. The molecular formula is C12H24N2O2. The molecule has 0 bridgehead atoms. The minimum Gasteiger partial charge on any atom is -0.379 e. The molecule has 1 atom stereocenters. The zero-order valence-electron chi connectivity index (χ0n) is 10.1. The van der Waals surface area contributed by atoms with E-state index in [9.17, 15) is 0 Å². The molecule has 0 aromatic rings. The lowest BCUT2D eigenvalue weighted by Gasteiger charge is -2.26. The smallest absolute Gasteiger partial charge is 0.0700 e. The van der Waals surface area contributed by atoms with Gasteiger partial charge in [-0.25, -0.2) is 0 Å². The van der Waals surface area contributed by atoms with E-state index in [4.69, 9.17) is 9.47 Å². The van der Waals surface area contributed by atoms with E-state index < -0.39 is 0 Å². The highest BCUT2D eigenvalue weighted by molar-refractivity contribution is 4.68. The van der Waals surface area contributed by atoms with E-state index in [2.05, 4.69) is 10.2 Å². The van der Waals surface area contributed by atoms with E-state index in [-0.39, 0.29) is 0 Å². The summed E-state index contributed by atoms with van der Waals surface area (Å²) in [6, 6.07) is 0. The maximum atomic E-state index is 5.56. The fraction of sp³-hybridized carbons (Fsp3) is 1.00. The van der Waals surface area contributed by atoms with Gasteiger partial charge in [-0.05, 0) is 32.4 Å². The van der Waals surface area contributed by atoms with Crippen LogP contribution in [0.4, 0.5) is 0 Å². The van der Waals surface area contributed by atoms with Gasteiger partial charge in [0.05, 0.1) is 19.3 Å². The molecule has 94 valence electrons. The van der Waals surface area contributed by atoms with Gasteiger partial charge in [-0.1, -0.05) is 0 Å². The quantitative estimate of drug-likeness (QED) is 0.670. The van der Waals surface area contributed by atoms with E-state index in [1.165, 1.54) is 25.8 Å². The van der Waals surface area contributed by atoms with Crippen LogP contribution in [0.25, 0.3) is 0 Å². The van der Waals surface area contributed by atoms with Crippen LogP contribution >= 0.6 is 0 Å². The van der Waals surface area contributed by atoms with Crippen LogP contribution in [0.2, 0.25) is 0 Å². The molecule has 0 aromatic heterocycles. The summed E-state index contributed by atoms with van der Waals surface area (Å²) in [5.41, 5.74) is 0. The summed E-state index contributed by atoms with van der Waals surface area (Å²) >= 11 is 0. The van der Waals surface area contributed by atoms with Crippen molar-refractivity contribution in [2.75, 3.05) is 52.5 Å². The maximum Gasteiger partial charge on any atom is 0.0700 e. The molecule has 4 nitrogen and oxygen atoms in total. The summed E-state index contributed by atoms with van der Waals surface area (Å²) in [4.78, 5) is 2.48. The van der Waals surface area contributed by atoms with Gasteiger partial charge in [0.1, 0.15) is 0 Å². The zero-order chi connectivity index (χ0) is 11.1. The first-order valence-corrected chi connectivity index (χ1v) is 6.57. The molecule has 0 saturated carbocycles. The van der Waals surface area contributed by atoms with Crippen LogP contribution in [0.3, 0.4) is 0 Å². The van der Waals surface area contributed by atoms with Crippen molar-refractivity contribution in [1.82, 2.24) is 10.2 Å². The van der Waals surface area contributed by atoms with Crippen LogP contribution in [0, 0.1) is 0 Å². The molecule has 0 aliphatic carbocycles. The molecule has 0 radical (unpaired) electrons. The number of morpholine rings is 1. The average molecular weight is 228 g/mol. The Labute approximate surface area is 98.3 Å². The van der Waals surface area contributed by atoms with Gasteiger partial charge in [-0.3, -0.25) is 4.90 Å². The highest BCUT2D eigenvalue weighted by Gasteiger charge is 2.14. The van der Waals surface area contributed by atoms with Crippen molar-refractivity contribution in [3.63, 3.8) is 0 Å². The number of nitrogens with one attached hydrogen (secondary N) is 1. The molecule has 1 N–H and O–H groups in total. The Morgan fingerprint density at radius 2 is 2.06 bits per heavy atom. The summed E-state index contributed by atoms with van der Waals surface area (Å²) in [7, 11) is 0. The first kappa shape index (κ1) is 12.3. The highest BCUT2D eigenvalue weighted by atomic mass is 16.5. The van der Waals surface area contributed by atoms with Crippen molar-refractivity contribution >= 4 is 0 Å². The Morgan fingerprint density at radius 3 is 2.81 bits per heavy atom. The van der Waals surface area contributed by atoms with Crippen molar-refractivity contribution < 1.29 is 9.47 Å². The normalized spacial score (nSPS) is 27.4. The van der Waals surface area contributed by atoms with Gasteiger partial charge in [0.2, 0.25) is 0 Å². The zero-order valence-corrected chi connectivity index (χ0v) is 10.1. The van der Waals surface area contributed by atoms with Gasteiger partial charge < -0.3 is 14.8 Å². The van der Waals surface area contributed by atoms with E-state index in [1.54, 1.807) is 0 Å². The lowest BCUT2D eigenvalue weighted by Crippen LogP contribution is -2.38. The number of nitrogens with zero attached hydrogens (tertiary/aromatic N) is 1. The van der Waals surface area contributed by atoms with Crippen molar-refractivity contribution in [3.8, 4) is 0 Å². The van der Waals surface area contributed by atoms with Gasteiger partial charge >= 0.3 is 0 Å². The first-order chi connectivity index (χ1) is 7.95. The third-order valence-corrected chi connectivity index (χ3v) is 3.33. The Bertz CT molecular complexity index is 178. The molecular weight excluding hydrogens is 204 g/mol. The highest BCUT2D eigenvalue weighted by Crippen LogP contribution is 2.10. The van der Waals surface area contributed by atoms with Crippen molar-refractivity contribution in [2.24, 2.45) is 0 Å². The lowest BCUT2D eigenvalue weighted by molar-refractivity contribution is 0.0373. The number of ether oxygens (including phenoxy) is 2. The van der Waals surface area contributed by atoms with Crippen LogP contribution < -0.4 is 5.32 Å². The van der Waals surface area contributed by atoms with E-state index in [0.29, 0.717) is 6.10 Å². The molecule has 2 fully saturated rings. The van der Waals surface area contributed by atoms with Crippen LogP contribution in [-0.4, -0.2) is 63.5 Å². The van der Waals surface area contributed by atoms with Gasteiger partial charge in [0.25, 0.3) is 0 Å². The van der Waals surface area contributed by atoms with Gasteiger partial charge in [0.15, 0.2) is 0 Å². The lowest BCUT2D eigenvalue weighted by atomic mass is 10.2. The third kappa shape index (κ3) is 4.37. The van der Waals surface area contributed by atoms with Crippen LogP contribution in [0.5, 0.6) is 0 Å². The summed E-state index contributed by atoms with van der Waals surface area (Å²) in [5, 5.41) is 3.48. The van der Waals surface area contributed by atoms with Crippen molar-refractivity contribution in [2.45, 2.75) is 25.4 Å². The first-order valence-electron chi connectivity index (χ1n) is 6.57. The molecule has 0 spiro atoms. The molecule has 2 saturated heterocycles. The molecule has 2 heterocycles. The largest absolute Gasteiger partial charge is 0.379 e. The van der Waals surface area contributed by atoms with E-state index in [1.807, 2.05) is 0 Å².